The Morgan fingerprint density at radius 2 is 1.83 bits per heavy atom. The van der Waals surface area contributed by atoms with Crippen molar-refractivity contribution >= 4 is 61.3 Å². The Morgan fingerprint density at radius 3 is 2.47 bits per heavy atom. The van der Waals surface area contributed by atoms with Crippen molar-refractivity contribution in [2.75, 3.05) is 10.0 Å². The molecule has 13 heteroatoms. The summed E-state index contributed by atoms with van der Waals surface area (Å²) in [6, 6.07) is 8.16. The van der Waals surface area contributed by atoms with Crippen LogP contribution in [-0.4, -0.2) is 24.5 Å². The number of benzene rings is 2. The van der Waals surface area contributed by atoms with Crippen molar-refractivity contribution in [1.29, 1.82) is 0 Å². The normalized spacial score (nSPS) is 11.5. The summed E-state index contributed by atoms with van der Waals surface area (Å²) in [6.45, 7) is 1.77. The zero-order valence-electron chi connectivity index (χ0n) is 15.0. The number of halogens is 4. The molecule has 0 saturated carbocycles. The van der Waals surface area contributed by atoms with E-state index in [9.17, 15) is 22.0 Å². The second kappa shape index (κ2) is 8.80. The van der Waals surface area contributed by atoms with Crippen LogP contribution in [0.25, 0.3) is 0 Å². The highest BCUT2D eigenvalue weighted by Gasteiger charge is 2.21. The Morgan fingerprint density at radius 1 is 1.10 bits per heavy atom. The number of nitrogens with zero attached hydrogens (tertiary/aromatic N) is 2. The first-order valence-corrected chi connectivity index (χ1v) is 11.1. The number of aryl methyl sites for hydroxylation is 1. The third-order valence-corrected chi connectivity index (χ3v) is 6.73. The summed E-state index contributed by atoms with van der Waals surface area (Å²) in [6.07, 6.45) is -2.83. The molecule has 0 aliphatic rings. The van der Waals surface area contributed by atoms with Gasteiger partial charge in [0.1, 0.15) is 0 Å². The molecule has 0 spiro atoms. The number of rotatable bonds is 6. The Balaban J connectivity index is 1.85. The van der Waals surface area contributed by atoms with Gasteiger partial charge in [-0.2, -0.15) is 0 Å². The molecule has 3 aromatic rings. The van der Waals surface area contributed by atoms with E-state index in [-0.39, 0.29) is 26.3 Å². The van der Waals surface area contributed by atoms with Gasteiger partial charge in [0, 0.05) is 5.02 Å². The van der Waals surface area contributed by atoms with Crippen molar-refractivity contribution in [3.05, 3.63) is 62.6 Å². The molecule has 30 heavy (non-hydrogen) atoms. The van der Waals surface area contributed by atoms with Gasteiger partial charge in [-0.3, -0.25) is 14.8 Å². The van der Waals surface area contributed by atoms with Crippen LogP contribution >= 0.6 is 34.5 Å². The van der Waals surface area contributed by atoms with Crippen molar-refractivity contribution in [3.8, 4) is 0 Å². The molecule has 0 aliphatic carbocycles. The zero-order valence-corrected chi connectivity index (χ0v) is 18.1. The fraction of sp³-hybridized carbons (Fsp3) is 0.118. The van der Waals surface area contributed by atoms with Gasteiger partial charge < -0.3 is 0 Å². The average Bonchev–Trinajstić information content (AvgIpc) is 3.13. The molecule has 0 aliphatic heterocycles. The smallest absolute Gasteiger partial charge is 0.291 e. The van der Waals surface area contributed by atoms with Gasteiger partial charge in [-0.15, -0.1) is 10.2 Å². The summed E-state index contributed by atoms with van der Waals surface area (Å²) in [5.74, 6) is -0.826. The third-order valence-electron chi connectivity index (χ3n) is 3.76. The number of anilines is 2. The highest BCUT2D eigenvalue weighted by molar-refractivity contribution is 7.92. The lowest BCUT2D eigenvalue weighted by molar-refractivity contribution is 0.102. The van der Waals surface area contributed by atoms with Crippen molar-refractivity contribution in [1.82, 2.24) is 10.2 Å². The molecular formula is C17H12Cl2F2N4O3S2. The average molecular weight is 493 g/mol. The van der Waals surface area contributed by atoms with Gasteiger partial charge in [0.05, 0.1) is 21.2 Å². The van der Waals surface area contributed by atoms with Gasteiger partial charge in [-0.25, -0.2) is 17.2 Å². The van der Waals surface area contributed by atoms with Crippen LogP contribution in [0.4, 0.5) is 19.6 Å². The molecule has 0 bridgehead atoms. The van der Waals surface area contributed by atoms with Crippen LogP contribution < -0.4 is 10.0 Å². The monoisotopic (exact) mass is 492 g/mol. The zero-order chi connectivity index (χ0) is 22.1. The lowest BCUT2D eigenvalue weighted by atomic mass is 10.2. The minimum atomic E-state index is -4.07. The fourth-order valence-corrected chi connectivity index (χ4v) is 4.31. The molecule has 0 fully saturated rings. The Labute approximate surface area is 184 Å². The second-order valence-electron chi connectivity index (χ2n) is 5.91. The van der Waals surface area contributed by atoms with E-state index < -0.39 is 27.4 Å². The van der Waals surface area contributed by atoms with Gasteiger partial charge in [0.2, 0.25) is 5.13 Å². The summed E-state index contributed by atoms with van der Waals surface area (Å²) in [7, 11) is -4.07. The van der Waals surface area contributed by atoms with E-state index in [0.717, 1.165) is 11.6 Å². The highest BCUT2D eigenvalue weighted by Crippen LogP contribution is 2.28. The molecular weight excluding hydrogens is 481 g/mol. The number of alkyl halides is 2. The topological polar surface area (TPSA) is 101 Å². The summed E-state index contributed by atoms with van der Waals surface area (Å²) in [5, 5.41) is 8.58. The van der Waals surface area contributed by atoms with E-state index in [1.165, 1.54) is 18.2 Å². The number of nitrogens with one attached hydrogen (secondary N) is 2. The third kappa shape index (κ3) is 5.04. The molecule has 1 heterocycles. The molecule has 7 nitrogen and oxygen atoms in total. The minimum Gasteiger partial charge on any atom is -0.296 e. The van der Waals surface area contributed by atoms with E-state index in [4.69, 9.17) is 23.2 Å². The first kappa shape index (κ1) is 22.3. The number of hydrogen-bond acceptors (Lipinski definition) is 6. The van der Waals surface area contributed by atoms with E-state index in [2.05, 4.69) is 20.2 Å². The first-order chi connectivity index (χ1) is 14.1. The maximum absolute atomic E-state index is 12.7. The predicted molar refractivity (Wildman–Crippen MR) is 111 cm³/mol. The van der Waals surface area contributed by atoms with E-state index in [1.807, 2.05) is 0 Å². The van der Waals surface area contributed by atoms with Crippen molar-refractivity contribution in [3.63, 3.8) is 0 Å². The molecule has 2 N–H and O–H groups in total. The van der Waals surface area contributed by atoms with E-state index in [0.29, 0.717) is 16.4 Å². The predicted octanol–water partition coefficient (Wildman–Crippen LogP) is 5.14. The van der Waals surface area contributed by atoms with Crippen LogP contribution in [0.3, 0.4) is 0 Å². The maximum atomic E-state index is 12.7. The lowest BCUT2D eigenvalue weighted by Gasteiger charge is -2.11. The highest BCUT2D eigenvalue weighted by atomic mass is 35.5. The Bertz CT molecular complexity index is 1220. The van der Waals surface area contributed by atoms with Gasteiger partial charge >= 0.3 is 0 Å². The first-order valence-electron chi connectivity index (χ1n) is 8.08. The maximum Gasteiger partial charge on any atom is 0.291 e. The Kier molecular flexibility index (Phi) is 6.56. The number of carbonyl (C=O) groups excluding carboxylic acids is 1. The quantitative estimate of drug-likeness (QED) is 0.495. The summed E-state index contributed by atoms with van der Waals surface area (Å²) in [4.78, 5) is 12.2. The van der Waals surface area contributed by atoms with Gasteiger partial charge in [-0.05, 0) is 42.8 Å². The standard InChI is InChI=1S/C17H12Cl2F2N4O3S2/c1-8-2-3-9(6-13(8)19)25-30(27,28)10-4-5-12(18)11(7-10)15(26)22-17-24-23-16(29-17)14(20)21/h2-7,14,25H,1H3,(H,22,24,26). The van der Waals surface area contributed by atoms with E-state index in [1.54, 1.807) is 19.1 Å². The molecule has 0 saturated heterocycles. The number of sulfonamides is 1. The van der Waals surface area contributed by atoms with Gasteiger partial charge in [0.25, 0.3) is 22.4 Å². The number of amides is 1. The Hall–Kier alpha value is -2.34. The largest absolute Gasteiger partial charge is 0.296 e. The lowest BCUT2D eigenvalue weighted by Crippen LogP contribution is -2.16. The summed E-state index contributed by atoms with van der Waals surface area (Å²) < 4.78 is 53.0. The van der Waals surface area contributed by atoms with Crippen LogP contribution in [0, 0.1) is 6.92 Å². The molecule has 1 aromatic heterocycles. The fourth-order valence-electron chi connectivity index (χ4n) is 2.25. The number of hydrogen-bond donors (Lipinski definition) is 2. The number of aromatic nitrogens is 2. The number of carbonyl (C=O) groups is 1. The van der Waals surface area contributed by atoms with Gasteiger partial charge in [0.15, 0.2) is 5.01 Å². The minimum absolute atomic E-state index is 0.0385. The molecule has 1 amide bonds. The molecule has 2 aromatic carbocycles. The molecule has 0 unspecified atom stereocenters. The van der Waals surface area contributed by atoms with Crippen molar-refractivity contribution in [2.45, 2.75) is 18.2 Å². The van der Waals surface area contributed by atoms with Crippen LogP contribution in [-0.2, 0) is 10.0 Å². The summed E-state index contributed by atoms with van der Waals surface area (Å²) >= 11 is 12.5. The van der Waals surface area contributed by atoms with Crippen molar-refractivity contribution < 1.29 is 22.0 Å². The molecule has 158 valence electrons. The molecule has 0 radical (unpaired) electrons. The SMILES string of the molecule is Cc1ccc(NS(=O)(=O)c2ccc(Cl)c(C(=O)Nc3nnc(C(F)F)s3)c2)cc1Cl. The second-order valence-corrected chi connectivity index (χ2v) is 9.42. The van der Waals surface area contributed by atoms with Crippen molar-refractivity contribution in [2.24, 2.45) is 0 Å². The van der Waals surface area contributed by atoms with E-state index >= 15 is 0 Å². The van der Waals surface area contributed by atoms with Gasteiger partial charge in [-0.1, -0.05) is 40.6 Å². The van der Waals surface area contributed by atoms with Crippen LogP contribution in [0.2, 0.25) is 10.0 Å². The molecule has 3 rings (SSSR count). The van der Waals surface area contributed by atoms with Crippen LogP contribution in [0.1, 0.15) is 27.4 Å². The van der Waals surface area contributed by atoms with Crippen LogP contribution in [0.5, 0.6) is 0 Å². The van der Waals surface area contributed by atoms with Crippen LogP contribution in [0.15, 0.2) is 41.3 Å². The summed E-state index contributed by atoms with van der Waals surface area (Å²) in [5.41, 5.74) is 0.826. The molecule has 0 atom stereocenters.